The summed E-state index contributed by atoms with van der Waals surface area (Å²) >= 11 is 0. The van der Waals surface area contributed by atoms with Crippen molar-refractivity contribution in [2.45, 2.75) is 0 Å². The number of fused-ring (bicyclic) bond motifs is 3. The van der Waals surface area contributed by atoms with Gasteiger partial charge in [0.05, 0.1) is 11.2 Å². The van der Waals surface area contributed by atoms with Crippen molar-refractivity contribution in [2.75, 3.05) is 6.54 Å². The zero-order valence-electron chi connectivity index (χ0n) is 27.2. The number of para-hydroxylation sites is 1. The van der Waals surface area contributed by atoms with Crippen LogP contribution in [-0.2, 0) is 0 Å². The number of benzene rings is 6. The van der Waals surface area contributed by atoms with E-state index in [9.17, 15) is 0 Å². The van der Waals surface area contributed by atoms with E-state index in [1.54, 1.807) is 0 Å². The van der Waals surface area contributed by atoms with E-state index >= 15 is 0 Å². The van der Waals surface area contributed by atoms with Crippen molar-refractivity contribution in [1.29, 1.82) is 0 Å². The molecule has 0 fully saturated rings. The maximum absolute atomic E-state index is 5.13. The summed E-state index contributed by atoms with van der Waals surface area (Å²) in [6.07, 6.45) is 6.31. The third-order valence-electron chi connectivity index (χ3n) is 9.19. The van der Waals surface area contributed by atoms with E-state index in [2.05, 4.69) is 108 Å². The highest BCUT2D eigenvalue weighted by molar-refractivity contribution is 6.16. The molecule has 9 rings (SSSR count). The third-order valence-corrected chi connectivity index (χ3v) is 9.19. The number of hydrogen-bond acceptors (Lipinski definition) is 5. The lowest BCUT2D eigenvalue weighted by molar-refractivity contribution is 0.975. The van der Waals surface area contributed by atoms with Gasteiger partial charge in [0.2, 0.25) is 0 Å². The number of pyridine rings is 1. The van der Waals surface area contributed by atoms with E-state index in [0.29, 0.717) is 17.5 Å². The van der Waals surface area contributed by atoms with Crippen LogP contribution in [0.5, 0.6) is 0 Å². The minimum atomic E-state index is 0.646. The number of dihydropyridines is 1. The van der Waals surface area contributed by atoms with Crippen LogP contribution < -0.4 is 5.32 Å². The summed E-state index contributed by atoms with van der Waals surface area (Å²) < 4.78 is 0. The van der Waals surface area contributed by atoms with Gasteiger partial charge in [-0.1, -0.05) is 152 Å². The van der Waals surface area contributed by atoms with Crippen molar-refractivity contribution < 1.29 is 0 Å². The SMILES string of the molecule is C1=CC(c2nc3ccccc3c3c(-c4ccc(-c5ccc(-c6nc(-c7ccccc7)nc(-c7ccccc7)n6)cc5)cc4)cccc23)=CCN1. The van der Waals surface area contributed by atoms with E-state index in [4.69, 9.17) is 19.9 Å². The fourth-order valence-corrected chi connectivity index (χ4v) is 6.68. The molecule has 3 heterocycles. The number of rotatable bonds is 6. The smallest absolute Gasteiger partial charge is 0.164 e. The highest BCUT2D eigenvalue weighted by atomic mass is 15.0. The van der Waals surface area contributed by atoms with Crippen molar-refractivity contribution in [3.8, 4) is 56.4 Å². The first kappa shape index (κ1) is 29.4. The first-order valence-corrected chi connectivity index (χ1v) is 16.8. The molecular weight excluding hydrogens is 611 g/mol. The van der Waals surface area contributed by atoms with E-state index in [0.717, 1.165) is 61.9 Å². The average molecular weight is 642 g/mol. The minimum absolute atomic E-state index is 0.646. The Balaban J connectivity index is 1.07. The highest BCUT2D eigenvalue weighted by Crippen LogP contribution is 2.38. The highest BCUT2D eigenvalue weighted by Gasteiger charge is 2.16. The average Bonchev–Trinajstić information content (AvgIpc) is 3.21. The summed E-state index contributed by atoms with van der Waals surface area (Å²) in [6.45, 7) is 0.795. The number of hydrogen-bond donors (Lipinski definition) is 1. The second kappa shape index (κ2) is 12.7. The monoisotopic (exact) mass is 641 g/mol. The summed E-state index contributed by atoms with van der Waals surface area (Å²) in [5.74, 6) is 1.96. The number of nitrogens with zero attached hydrogens (tertiary/aromatic N) is 4. The van der Waals surface area contributed by atoms with Gasteiger partial charge < -0.3 is 5.32 Å². The van der Waals surface area contributed by atoms with Gasteiger partial charge in [0.25, 0.3) is 0 Å². The van der Waals surface area contributed by atoms with Gasteiger partial charge in [-0.3, -0.25) is 0 Å². The molecule has 6 aromatic carbocycles. The molecule has 0 spiro atoms. The largest absolute Gasteiger partial charge is 0.387 e. The molecule has 8 aromatic rings. The molecule has 1 aliphatic heterocycles. The van der Waals surface area contributed by atoms with Crippen molar-refractivity contribution in [3.05, 3.63) is 176 Å². The molecule has 0 atom stereocenters. The summed E-state index contributed by atoms with van der Waals surface area (Å²) in [5.41, 5.74) is 10.6. The molecule has 1 aliphatic rings. The third kappa shape index (κ3) is 5.51. The van der Waals surface area contributed by atoms with Crippen molar-refractivity contribution in [2.24, 2.45) is 0 Å². The van der Waals surface area contributed by atoms with Crippen molar-refractivity contribution >= 4 is 27.2 Å². The van der Waals surface area contributed by atoms with E-state index < -0.39 is 0 Å². The fourth-order valence-electron chi connectivity index (χ4n) is 6.68. The van der Waals surface area contributed by atoms with E-state index in [1.807, 2.05) is 66.9 Å². The minimum Gasteiger partial charge on any atom is -0.387 e. The van der Waals surface area contributed by atoms with Crippen LogP contribution in [0.2, 0.25) is 0 Å². The normalized spacial score (nSPS) is 12.5. The van der Waals surface area contributed by atoms with Gasteiger partial charge in [-0.05, 0) is 46.2 Å². The molecule has 0 aliphatic carbocycles. The van der Waals surface area contributed by atoms with Gasteiger partial charge in [0.1, 0.15) is 0 Å². The van der Waals surface area contributed by atoms with Crippen LogP contribution in [-0.4, -0.2) is 26.5 Å². The quantitative estimate of drug-likeness (QED) is 0.183. The summed E-state index contributed by atoms with van der Waals surface area (Å²) in [5, 5.41) is 6.79. The van der Waals surface area contributed by atoms with Crippen molar-refractivity contribution in [1.82, 2.24) is 25.3 Å². The lowest BCUT2D eigenvalue weighted by Gasteiger charge is -2.16. The van der Waals surface area contributed by atoms with Gasteiger partial charge in [-0.15, -0.1) is 0 Å². The zero-order chi connectivity index (χ0) is 33.3. The number of nitrogens with one attached hydrogen (secondary N) is 1. The maximum atomic E-state index is 5.13. The second-order valence-corrected chi connectivity index (χ2v) is 12.3. The van der Waals surface area contributed by atoms with Crippen LogP contribution in [0.25, 0.3) is 83.7 Å². The topological polar surface area (TPSA) is 63.6 Å². The first-order valence-electron chi connectivity index (χ1n) is 16.8. The van der Waals surface area contributed by atoms with E-state index in [-0.39, 0.29) is 0 Å². The summed E-state index contributed by atoms with van der Waals surface area (Å²) in [6, 6.07) is 52.4. The Morgan fingerprint density at radius 3 is 1.54 bits per heavy atom. The van der Waals surface area contributed by atoms with Gasteiger partial charge in [-0.25, -0.2) is 19.9 Å². The molecule has 0 saturated heterocycles. The van der Waals surface area contributed by atoms with Crippen LogP contribution in [0.4, 0.5) is 0 Å². The Bertz CT molecular complexity index is 2500. The molecule has 236 valence electrons. The molecule has 0 saturated carbocycles. The number of aromatic nitrogens is 4. The van der Waals surface area contributed by atoms with Gasteiger partial charge in [-0.2, -0.15) is 0 Å². The van der Waals surface area contributed by atoms with E-state index in [1.165, 1.54) is 16.5 Å². The predicted octanol–water partition coefficient (Wildman–Crippen LogP) is 10.4. The molecule has 5 heteroatoms. The molecular formula is C45H31N5. The van der Waals surface area contributed by atoms with Crippen LogP contribution in [0.15, 0.2) is 170 Å². The number of allylic oxidation sites excluding steroid dienone is 2. The van der Waals surface area contributed by atoms with Crippen LogP contribution in [0.1, 0.15) is 5.69 Å². The fraction of sp³-hybridized carbons (Fsp3) is 0.0222. The second-order valence-electron chi connectivity index (χ2n) is 12.3. The van der Waals surface area contributed by atoms with Crippen LogP contribution in [0.3, 0.4) is 0 Å². The molecule has 5 nitrogen and oxygen atoms in total. The molecule has 0 bridgehead atoms. The lowest BCUT2D eigenvalue weighted by Crippen LogP contribution is -2.09. The molecule has 0 amide bonds. The summed E-state index contributed by atoms with van der Waals surface area (Å²) in [4.78, 5) is 19.7. The van der Waals surface area contributed by atoms with Gasteiger partial charge in [0.15, 0.2) is 17.5 Å². The Labute approximate surface area is 290 Å². The molecule has 0 unspecified atom stereocenters. The van der Waals surface area contributed by atoms with Gasteiger partial charge in [0, 0.05) is 39.4 Å². The zero-order valence-corrected chi connectivity index (χ0v) is 27.2. The van der Waals surface area contributed by atoms with Crippen LogP contribution >= 0.6 is 0 Å². The summed E-state index contributed by atoms with van der Waals surface area (Å²) in [7, 11) is 0. The first-order chi connectivity index (χ1) is 24.8. The molecule has 0 radical (unpaired) electrons. The Morgan fingerprint density at radius 1 is 0.420 bits per heavy atom. The van der Waals surface area contributed by atoms with Gasteiger partial charge >= 0.3 is 0 Å². The van der Waals surface area contributed by atoms with Crippen LogP contribution in [0, 0.1) is 0 Å². The Kier molecular flexibility index (Phi) is 7.48. The Hall–Kier alpha value is -6.72. The molecule has 2 aromatic heterocycles. The Morgan fingerprint density at radius 2 is 0.940 bits per heavy atom. The molecule has 1 N–H and O–H groups in total. The lowest BCUT2D eigenvalue weighted by atomic mass is 9.92. The van der Waals surface area contributed by atoms with Crippen molar-refractivity contribution in [3.63, 3.8) is 0 Å². The standard InChI is InChI=1S/C45H31N5/c1-3-10-34(11-4-1)43-48-44(35-12-5-2-6-13-35)50-45(49-43)36-24-20-31(21-25-36)30-18-22-32(23-19-30)37-15-9-16-39-41(37)38-14-7-8-17-40(38)47-42(39)33-26-28-46-29-27-33/h1-28,46H,29H2. The molecule has 50 heavy (non-hydrogen) atoms. The predicted molar refractivity (Wildman–Crippen MR) is 205 cm³/mol. The maximum Gasteiger partial charge on any atom is 0.164 e.